The van der Waals surface area contributed by atoms with Crippen molar-refractivity contribution < 1.29 is 4.79 Å². The van der Waals surface area contributed by atoms with Crippen LogP contribution in [0.4, 0.5) is 0 Å². The zero-order valence-electron chi connectivity index (χ0n) is 9.47. The van der Waals surface area contributed by atoms with Crippen molar-refractivity contribution in [2.45, 2.75) is 25.7 Å². The Morgan fingerprint density at radius 3 is 2.73 bits per heavy atom. The largest absolute Gasteiger partial charge is 0.356 e. The van der Waals surface area contributed by atoms with Crippen molar-refractivity contribution in [1.82, 2.24) is 10.2 Å². The molecule has 1 amide bonds. The third kappa shape index (κ3) is 5.38. The van der Waals surface area contributed by atoms with Gasteiger partial charge < -0.3 is 10.2 Å². The zero-order chi connectivity index (χ0) is 11.1. The lowest BCUT2D eigenvalue weighted by molar-refractivity contribution is -0.121. The summed E-state index contributed by atoms with van der Waals surface area (Å²) in [5.74, 6) is 1.39. The monoisotopic (exact) mass is 232 g/mol. The van der Waals surface area contributed by atoms with Gasteiger partial charge in [-0.3, -0.25) is 4.79 Å². The number of amides is 1. The van der Waals surface area contributed by atoms with E-state index in [0.29, 0.717) is 18.2 Å². The van der Waals surface area contributed by atoms with E-state index in [4.69, 9.17) is 11.6 Å². The van der Waals surface area contributed by atoms with Crippen LogP contribution in [-0.4, -0.2) is 43.4 Å². The van der Waals surface area contributed by atoms with Crippen LogP contribution in [0.2, 0.25) is 0 Å². The molecule has 0 atom stereocenters. The summed E-state index contributed by atoms with van der Waals surface area (Å²) in [6.07, 6.45) is 3.75. The lowest BCUT2D eigenvalue weighted by atomic mass is 9.97. The number of hydrogen-bond acceptors (Lipinski definition) is 2. The maximum atomic E-state index is 11.3. The number of nitrogens with one attached hydrogen (secondary N) is 1. The molecule has 0 spiro atoms. The molecule has 1 fully saturated rings. The molecule has 0 aromatic carbocycles. The van der Waals surface area contributed by atoms with Crippen LogP contribution < -0.4 is 5.32 Å². The molecular weight excluding hydrogens is 212 g/mol. The fraction of sp³-hybridized carbons (Fsp3) is 0.909. The van der Waals surface area contributed by atoms with Crippen molar-refractivity contribution in [2.75, 3.05) is 32.6 Å². The van der Waals surface area contributed by atoms with E-state index in [9.17, 15) is 4.79 Å². The van der Waals surface area contributed by atoms with Crippen LogP contribution in [0, 0.1) is 5.92 Å². The van der Waals surface area contributed by atoms with Gasteiger partial charge in [0.25, 0.3) is 0 Å². The smallest absolute Gasteiger partial charge is 0.220 e. The summed E-state index contributed by atoms with van der Waals surface area (Å²) in [5.41, 5.74) is 0. The van der Waals surface area contributed by atoms with Gasteiger partial charge in [-0.2, -0.15) is 0 Å². The van der Waals surface area contributed by atoms with Crippen molar-refractivity contribution in [3.63, 3.8) is 0 Å². The Morgan fingerprint density at radius 2 is 2.13 bits per heavy atom. The molecule has 1 rings (SSSR count). The minimum absolute atomic E-state index is 0.148. The Kier molecular flexibility index (Phi) is 6.03. The van der Waals surface area contributed by atoms with Gasteiger partial charge in [0.15, 0.2) is 0 Å². The number of carbonyl (C=O) groups is 1. The number of hydrogen-bond donors (Lipinski definition) is 1. The number of piperidine rings is 1. The molecule has 0 saturated carbocycles. The van der Waals surface area contributed by atoms with Gasteiger partial charge in [0.05, 0.1) is 0 Å². The lowest BCUT2D eigenvalue weighted by Gasteiger charge is -2.28. The molecule has 0 radical (unpaired) electrons. The number of alkyl halides is 1. The summed E-state index contributed by atoms with van der Waals surface area (Å²) in [6.45, 7) is 3.15. The van der Waals surface area contributed by atoms with E-state index < -0.39 is 0 Å². The van der Waals surface area contributed by atoms with E-state index in [1.54, 1.807) is 0 Å². The second-order valence-electron chi connectivity index (χ2n) is 4.34. The number of rotatable bonds is 5. The van der Waals surface area contributed by atoms with E-state index >= 15 is 0 Å². The molecule has 4 heteroatoms. The Morgan fingerprint density at radius 1 is 1.47 bits per heavy atom. The van der Waals surface area contributed by atoms with Gasteiger partial charge in [0, 0.05) is 18.8 Å². The van der Waals surface area contributed by atoms with Crippen LogP contribution in [0.25, 0.3) is 0 Å². The van der Waals surface area contributed by atoms with Crippen molar-refractivity contribution in [2.24, 2.45) is 5.92 Å². The second kappa shape index (κ2) is 7.07. The molecule has 1 aliphatic heterocycles. The fourth-order valence-electron chi connectivity index (χ4n) is 1.84. The summed E-state index contributed by atoms with van der Waals surface area (Å²) in [6, 6.07) is 0. The molecule has 15 heavy (non-hydrogen) atoms. The van der Waals surface area contributed by atoms with Gasteiger partial charge in [-0.15, -0.1) is 11.6 Å². The molecule has 1 heterocycles. The number of nitrogens with zero attached hydrogens (tertiary/aromatic N) is 1. The summed E-state index contributed by atoms with van der Waals surface area (Å²) < 4.78 is 0. The van der Waals surface area contributed by atoms with Crippen LogP contribution in [0.3, 0.4) is 0 Å². The molecule has 1 saturated heterocycles. The van der Waals surface area contributed by atoms with Gasteiger partial charge in [-0.25, -0.2) is 0 Å². The minimum Gasteiger partial charge on any atom is -0.356 e. The van der Waals surface area contributed by atoms with Crippen molar-refractivity contribution in [3.05, 3.63) is 0 Å². The van der Waals surface area contributed by atoms with E-state index in [0.717, 1.165) is 26.1 Å². The van der Waals surface area contributed by atoms with Gasteiger partial charge in [-0.05, 0) is 45.3 Å². The molecule has 3 nitrogen and oxygen atoms in total. The average Bonchev–Trinajstić information content (AvgIpc) is 2.25. The fourth-order valence-corrected chi connectivity index (χ4v) is 1.97. The highest BCUT2D eigenvalue weighted by Gasteiger charge is 2.16. The highest BCUT2D eigenvalue weighted by atomic mass is 35.5. The van der Waals surface area contributed by atoms with E-state index in [1.807, 2.05) is 0 Å². The third-order valence-electron chi connectivity index (χ3n) is 2.96. The highest BCUT2D eigenvalue weighted by molar-refractivity contribution is 6.17. The predicted octanol–water partition coefficient (Wildman–Crippen LogP) is 1.46. The van der Waals surface area contributed by atoms with Crippen LogP contribution in [0.15, 0.2) is 0 Å². The van der Waals surface area contributed by atoms with Crippen LogP contribution in [0.5, 0.6) is 0 Å². The van der Waals surface area contributed by atoms with Gasteiger partial charge in [0.1, 0.15) is 0 Å². The van der Waals surface area contributed by atoms with Gasteiger partial charge >= 0.3 is 0 Å². The molecule has 0 unspecified atom stereocenters. The third-order valence-corrected chi connectivity index (χ3v) is 3.23. The molecule has 1 N–H and O–H groups in total. The van der Waals surface area contributed by atoms with E-state index in [1.165, 1.54) is 12.8 Å². The maximum Gasteiger partial charge on any atom is 0.220 e. The maximum absolute atomic E-state index is 11.3. The Bertz CT molecular complexity index is 191. The molecule has 0 aromatic rings. The molecule has 0 bridgehead atoms. The highest BCUT2D eigenvalue weighted by Crippen LogP contribution is 2.14. The number of carbonyl (C=O) groups excluding carboxylic acids is 1. The van der Waals surface area contributed by atoms with Crippen molar-refractivity contribution in [3.8, 4) is 0 Å². The van der Waals surface area contributed by atoms with Crippen LogP contribution in [0.1, 0.15) is 25.7 Å². The first-order valence-electron chi connectivity index (χ1n) is 5.73. The van der Waals surface area contributed by atoms with Crippen LogP contribution >= 0.6 is 11.6 Å². The Hall–Kier alpha value is -0.280. The lowest BCUT2D eigenvalue weighted by Crippen LogP contribution is -2.36. The first-order chi connectivity index (χ1) is 7.22. The van der Waals surface area contributed by atoms with E-state index in [2.05, 4.69) is 17.3 Å². The first-order valence-corrected chi connectivity index (χ1v) is 6.27. The topological polar surface area (TPSA) is 32.3 Å². The van der Waals surface area contributed by atoms with Crippen molar-refractivity contribution in [1.29, 1.82) is 0 Å². The van der Waals surface area contributed by atoms with Gasteiger partial charge in [0.2, 0.25) is 5.91 Å². The molecular formula is C11H21ClN2O. The van der Waals surface area contributed by atoms with Crippen molar-refractivity contribution >= 4 is 17.5 Å². The number of likely N-dealkylation sites (tertiary alicyclic amines) is 1. The zero-order valence-corrected chi connectivity index (χ0v) is 10.2. The van der Waals surface area contributed by atoms with Crippen LogP contribution in [-0.2, 0) is 4.79 Å². The summed E-state index contributed by atoms with van der Waals surface area (Å²) in [4.78, 5) is 13.7. The normalized spacial score (nSPS) is 19.1. The molecule has 1 aliphatic rings. The predicted molar refractivity (Wildman–Crippen MR) is 63.2 cm³/mol. The minimum atomic E-state index is 0.148. The summed E-state index contributed by atoms with van der Waals surface area (Å²) >= 11 is 5.52. The molecule has 88 valence electrons. The average molecular weight is 233 g/mol. The van der Waals surface area contributed by atoms with E-state index in [-0.39, 0.29) is 5.91 Å². The standard InChI is InChI=1S/C11H21ClN2O/c1-14-7-4-10(5-8-14)9-13-11(15)3-2-6-12/h10H,2-9H2,1H3,(H,13,15). The SMILES string of the molecule is CN1CCC(CNC(=O)CCCCl)CC1. The molecule has 0 aromatic heterocycles. The van der Waals surface area contributed by atoms with Gasteiger partial charge in [-0.1, -0.05) is 0 Å². The molecule has 0 aliphatic carbocycles. The first kappa shape index (κ1) is 12.8. The second-order valence-corrected chi connectivity index (χ2v) is 4.72. The Balaban J connectivity index is 2.06. The number of halogens is 1. The summed E-state index contributed by atoms with van der Waals surface area (Å²) in [5, 5.41) is 2.99. The summed E-state index contributed by atoms with van der Waals surface area (Å²) in [7, 11) is 2.15. The quantitative estimate of drug-likeness (QED) is 0.728. The Labute approximate surface area is 97.2 Å².